The highest BCUT2D eigenvalue weighted by molar-refractivity contribution is 9.10. The molecule has 3 heteroatoms. The van der Waals surface area contributed by atoms with Crippen LogP contribution in [0.3, 0.4) is 0 Å². The maximum atomic E-state index is 3.58. The fraction of sp³-hybridized carbons (Fsp3) is 0.455. The van der Waals surface area contributed by atoms with Crippen LogP contribution in [0.5, 0.6) is 0 Å². The lowest BCUT2D eigenvalue weighted by Crippen LogP contribution is -2.05. The molecule has 1 N–H and O–H groups in total. The molecule has 0 bridgehead atoms. The number of rotatable bonds is 5. The third-order valence-electron chi connectivity index (χ3n) is 1.96. The molecule has 1 nitrogen and oxygen atoms in total. The van der Waals surface area contributed by atoms with Gasteiger partial charge >= 0.3 is 0 Å². The average molecular weight is 274 g/mol. The Balaban J connectivity index is 2.46. The zero-order valence-corrected chi connectivity index (χ0v) is 11.0. The normalized spacial score (nSPS) is 10.2. The van der Waals surface area contributed by atoms with E-state index in [1.165, 1.54) is 21.5 Å². The van der Waals surface area contributed by atoms with Gasteiger partial charge in [-0.15, -0.1) is 0 Å². The van der Waals surface area contributed by atoms with Crippen molar-refractivity contribution < 1.29 is 0 Å². The summed E-state index contributed by atoms with van der Waals surface area (Å²) in [7, 11) is 0. The van der Waals surface area contributed by atoms with E-state index in [1.807, 2.05) is 11.8 Å². The zero-order valence-electron chi connectivity index (χ0n) is 8.64. The smallest absolute Gasteiger partial charge is 0.0487 e. The van der Waals surface area contributed by atoms with Crippen LogP contribution >= 0.6 is 27.7 Å². The van der Waals surface area contributed by atoms with Crippen molar-refractivity contribution in [1.29, 1.82) is 0 Å². The SMILES string of the molecule is CCSCCNc1cccc(C)c1Br. The summed E-state index contributed by atoms with van der Waals surface area (Å²) >= 11 is 5.54. The Morgan fingerprint density at radius 3 is 2.93 bits per heavy atom. The van der Waals surface area contributed by atoms with Gasteiger partial charge in [-0.05, 0) is 40.2 Å². The maximum Gasteiger partial charge on any atom is 0.0487 e. The second-order valence-corrected chi connectivity index (χ2v) is 5.25. The van der Waals surface area contributed by atoms with Crippen LogP contribution in [-0.2, 0) is 0 Å². The summed E-state index contributed by atoms with van der Waals surface area (Å²) in [6, 6.07) is 6.29. The highest BCUT2D eigenvalue weighted by Gasteiger charge is 2.00. The van der Waals surface area contributed by atoms with E-state index in [4.69, 9.17) is 0 Å². The molecule has 0 aliphatic heterocycles. The lowest BCUT2D eigenvalue weighted by molar-refractivity contribution is 1.21. The molecule has 0 amide bonds. The van der Waals surface area contributed by atoms with Gasteiger partial charge in [-0.25, -0.2) is 0 Å². The number of benzene rings is 1. The Morgan fingerprint density at radius 2 is 2.21 bits per heavy atom. The van der Waals surface area contributed by atoms with Crippen LogP contribution in [0, 0.1) is 6.92 Å². The van der Waals surface area contributed by atoms with Crippen molar-refractivity contribution in [2.24, 2.45) is 0 Å². The molecule has 0 unspecified atom stereocenters. The highest BCUT2D eigenvalue weighted by atomic mass is 79.9. The molecule has 0 heterocycles. The summed E-state index contributed by atoms with van der Waals surface area (Å²) in [5.74, 6) is 2.35. The van der Waals surface area contributed by atoms with Gasteiger partial charge in [0.1, 0.15) is 0 Å². The molecule has 0 aromatic heterocycles. The van der Waals surface area contributed by atoms with Gasteiger partial charge in [0.15, 0.2) is 0 Å². The Labute approximate surface area is 98.8 Å². The quantitative estimate of drug-likeness (QED) is 0.817. The minimum absolute atomic E-state index is 1.03. The van der Waals surface area contributed by atoms with Crippen molar-refractivity contribution in [3.05, 3.63) is 28.2 Å². The van der Waals surface area contributed by atoms with E-state index >= 15 is 0 Å². The topological polar surface area (TPSA) is 12.0 Å². The Bertz CT molecular complexity index is 289. The van der Waals surface area contributed by atoms with E-state index in [-0.39, 0.29) is 0 Å². The average Bonchev–Trinajstić information content (AvgIpc) is 2.19. The maximum absolute atomic E-state index is 3.58. The number of thioether (sulfide) groups is 1. The molecule has 78 valence electrons. The predicted molar refractivity (Wildman–Crippen MR) is 70.4 cm³/mol. The third-order valence-corrected chi connectivity index (χ3v) is 3.91. The van der Waals surface area contributed by atoms with Crippen LogP contribution in [0.4, 0.5) is 5.69 Å². The second-order valence-electron chi connectivity index (χ2n) is 3.06. The number of aryl methyl sites for hydroxylation is 1. The number of halogens is 1. The lowest BCUT2D eigenvalue weighted by Gasteiger charge is -2.09. The van der Waals surface area contributed by atoms with Crippen LogP contribution in [-0.4, -0.2) is 18.1 Å². The van der Waals surface area contributed by atoms with Crippen molar-refractivity contribution >= 4 is 33.4 Å². The molecular formula is C11H16BrNS. The van der Waals surface area contributed by atoms with E-state index in [1.54, 1.807) is 0 Å². The molecule has 0 aliphatic carbocycles. The van der Waals surface area contributed by atoms with Crippen molar-refractivity contribution in [2.45, 2.75) is 13.8 Å². The highest BCUT2D eigenvalue weighted by Crippen LogP contribution is 2.25. The van der Waals surface area contributed by atoms with Crippen molar-refractivity contribution in [3.8, 4) is 0 Å². The summed E-state index contributed by atoms with van der Waals surface area (Å²) in [4.78, 5) is 0. The fourth-order valence-corrected chi connectivity index (χ4v) is 2.13. The zero-order chi connectivity index (χ0) is 10.4. The first-order valence-corrected chi connectivity index (χ1v) is 6.77. The predicted octanol–water partition coefficient (Wildman–Crippen LogP) is 3.92. The minimum atomic E-state index is 1.03. The summed E-state index contributed by atoms with van der Waals surface area (Å²) < 4.78 is 1.18. The van der Waals surface area contributed by atoms with Gasteiger partial charge < -0.3 is 5.32 Å². The van der Waals surface area contributed by atoms with E-state index < -0.39 is 0 Å². The summed E-state index contributed by atoms with van der Waals surface area (Å²) in [5.41, 5.74) is 2.47. The van der Waals surface area contributed by atoms with Gasteiger partial charge in [-0.3, -0.25) is 0 Å². The first-order chi connectivity index (χ1) is 6.75. The molecule has 0 saturated heterocycles. The molecule has 14 heavy (non-hydrogen) atoms. The molecule has 0 spiro atoms. The molecule has 0 fully saturated rings. The van der Waals surface area contributed by atoms with Crippen molar-refractivity contribution in [2.75, 3.05) is 23.4 Å². The van der Waals surface area contributed by atoms with Crippen LogP contribution in [0.1, 0.15) is 12.5 Å². The monoisotopic (exact) mass is 273 g/mol. The van der Waals surface area contributed by atoms with E-state index in [2.05, 4.69) is 53.3 Å². The molecular weight excluding hydrogens is 258 g/mol. The number of anilines is 1. The van der Waals surface area contributed by atoms with Gasteiger partial charge in [0.2, 0.25) is 0 Å². The summed E-state index contributed by atoms with van der Waals surface area (Å²) in [5, 5.41) is 3.42. The van der Waals surface area contributed by atoms with Crippen LogP contribution in [0.2, 0.25) is 0 Å². The molecule has 1 aromatic rings. The van der Waals surface area contributed by atoms with Crippen LogP contribution < -0.4 is 5.32 Å². The Morgan fingerprint density at radius 1 is 1.43 bits per heavy atom. The molecule has 1 aromatic carbocycles. The number of hydrogen-bond acceptors (Lipinski definition) is 2. The van der Waals surface area contributed by atoms with Gasteiger partial charge in [0.25, 0.3) is 0 Å². The van der Waals surface area contributed by atoms with E-state index in [9.17, 15) is 0 Å². The molecule has 0 saturated carbocycles. The lowest BCUT2D eigenvalue weighted by atomic mass is 10.2. The van der Waals surface area contributed by atoms with Gasteiger partial charge in [-0.1, -0.05) is 19.1 Å². The Kier molecular flexibility index (Phi) is 5.41. The molecule has 0 radical (unpaired) electrons. The Hall–Kier alpha value is -0.150. The van der Waals surface area contributed by atoms with Crippen molar-refractivity contribution in [3.63, 3.8) is 0 Å². The first-order valence-electron chi connectivity index (χ1n) is 4.82. The number of nitrogens with one attached hydrogen (secondary N) is 1. The van der Waals surface area contributed by atoms with Crippen molar-refractivity contribution in [1.82, 2.24) is 0 Å². The van der Waals surface area contributed by atoms with Gasteiger partial charge in [0.05, 0.1) is 0 Å². The molecule has 0 atom stereocenters. The standard InChI is InChI=1S/C11H16BrNS/c1-3-14-8-7-13-10-6-4-5-9(2)11(10)12/h4-6,13H,3,7-8H2,1-2H3. The first kappa shape index (κ1) is 11.9. The summed E-state index contributed by atoms with van der Waals surface area (Å²) in [6.45, 7) is 5.32. The van der Waals surface area contributed by atoms with Gasteiger partial charge in [0, 0.05) is 22.5 Å². The van der Waals surface area contributed by atoms with Gasteiger partial charge in [-0.2, -0.15) is 11.8 Å². The third kappa shape index (κ3) is 3.54. The number of hydrogen-bond donors (Lipinski definition) is 1. The fourth-order valence-electron chi connectivity index (χ4n) is 1.19. The van der Waals surface area contributed by atoms with Crippen LogP contribution in [0.15, 0.2) is 22.7 Å². The minimum Gasteiger partial charge on any atom is -0.383 e. The summed E-state index contributed by atoms with van der Waals surface area (Å²) in [6.07, 6.45) is 0. The van der Waals surface area contributed by atoms with E-state index in [0.717, 1.165) is 12.3 Å². The molecule has 1 rings (SSSR count). The van der Waals surface area contributed by atoms with E-state index in [0.29, 0.717) is 0 Å². The molecule has 0 aliphatic rings. The largest absolute Gasteiger partial charge is 0.383 e. The van der Waals surface area contributed by atoms with Crippen LogP contribution in [0.25, 0.3) is 0 Å². The second kappa shape index (κ2) is 6.36.